The highest BCUT2D eigenvalue weighted by molar-refractivity contribution is 9.09. The third-order valence-electron chi connectivity index (χ3n) is 2.72. The molecule has 0 bridgehead atoms. The third kappa shape index (κ3) is 2.31. The smallest absolute Gasteiger partial charge is 0.212 e. The molecule has 0 spiro atoms. The lowest BCUT2D eigenvalue weighted by atomic mass is 9.80. The molecule has 0 amide bonds. The highest BCUT2D eigenvalue weighted by atomic mass is 79.9. The van der Waals surface area contributed by atoms with Gasteiger partial charge in [0.2, 0.25) is 10.0 Å². The van der Waals surface area contributed by atoms with E-state index in [1.54, 1.807) is 20.8 Å². The first kappa shape index (κ1) is 12.5. The second-order valence-corrected chi connectivity index (χ2v) is 7.98. The number of hydrogen-bond acceptors (Lipinski definition) is 2. The molecule has 0 atom stereocenters. The van der Waals surface area contributed by atoms with E-state index in [1.807, 2.05) is 0 Å². The lowest BCUT2D eigenvalue weighted by molar-refractivity contribution is 0.254. The van der Waals surface area contributed by atoms with Crippen LogP contribution in [0.1, 0.15) is 40.0 Å². The number of halogens is 1. The summed E-state index contributed by atoms with van der Waals surface area (Å²) in [6.07, 6.45) is 2.99. The molecule has 5 heteroatoms. The fourth-order valence-electron chi connectivity index (χ4n) is 1.30. The van der Waals surface area contributed by atoms with Crippen LogP contribution < -0.4 is 4.72 Å². The van der Waals surface area contributed by atoms with Crippen LogP contribution in [0.2, 0.25) is 0 Å². The molecule has 1 rings (SSSR count). The second-order valence-electron chi connectivity index (χ2n) is 4.99. The minimum Gasteiger partial charge on any atom is -0.212 e. The van der Waals surface area contributed by atoms with Crippen LogP contribution in [0.25, 0.3) is 0 Å². The lowest BCUT2D eigenvalue weighted by Crippen LogP contribution is -2.58. The van der Waals surface area contributed by atoms with Crippen LogP contribution in [0, 0.1) is 0 Å². The molecular weight excluding hydrogens is 266 g/mol. The lowest BCUT2D eigenvalue weighted by Gasteiger charge is -2.42. The topological polar surface area (TPSA) is 46.2 Å². The zero-order chi connectivity index (χ0) is 11.0. The highest BCUT2D eigenvalue weighted by Crippen LogP contribution is 2.35. The van der Waals surface area contributed by atoms with Gasteiger partial charge in [0.05, 0.1) is 4.75 Å². The zero-order valence-corrected chi connectivity index (χ0v) is 11.3. The van der Waals surface area contributed by atoms with Crippen molar-refractivity contribution in [1.82, 2.24) is 4.72 Å². The predicted octanol–water partition coefficient (Wildman–Crippen LogP) is 2.02. The van der Waals surface area contributed by atoms with Crippen LogP contribution in [0.5, 0.6) is 0 Å². The Balaban J connectivity index is 2.78. The van der Waals surface area contributed by atoms with E-state index in [9.17, 15) is 8.42 Å². The maximum absolute atomic E-state index is 11.9. The van der Waals surface area contributed by atoms with Crippen molar-refractivity contribution in [2.45, 2.75) is 50.3 Å². The molecule has 84 valence electrons. The number of nitrogens with one attached hydrogen (secondary N) is 1. The summed E-state index contributed by atoms with van der Waals surface area (Å²) in [5.41, 5.74) is -0.216. The minimum absolute atomic E-state index is 0.216. The molecule has 1 N–H and O–H groups in total. The Morgan fingerprint density at radius 1 is 1.36 bits per heavy atom. The molecule has 0 saturated heterocycles. The Bertz CT molecular complexity index is 296. The van der Waals surface area contributed by atoms with Gasteiger partial charge in [-0.25, -0.2) is 13.1 Å². The van der Waals surface area contributed by atoms with Crippen molar-refractivity contribution in [3.05, 3.63) is 0 Å². The monoisotopic (exact) mass is 283 g/mol. The van der Waals surface area contributed by atoms with Gasteiger partial charge < -0.3 is 0 Å². The number of alkyl halides is 1. The molecule has 0 radical (unpaired) electrons. The molecule has 0 aromatic rings. The largest absolute Gasteiger partial charge is 0.217 e. The summed E-state index contributed by atoms with van der Waals surface area (Å²) in [6.45, 7) is 5.15. The Hall–Kier alpha value is 0.390. The standard InChI is InChI=1S/C9H18BrNO2S/c1-8(2,3)14(12,13)11-9(7-10)5-4-6-9/h11H,4-7H2,1-3H3. The summed E-state index contributed by atoms with van der Waals surface area (Å²) in [4.78, 5) is 0. The maximum atomic E-state index is 11.9. The van der Waals surface area contributed by atoms with Crippen LogP contribution >= 0.6 is 15.9 Å². The normalized spacial score (nSPS) is 21.7. The van der Waals surface area contributed by atoms with E-state index in [0.29, 0.717) is 5.33 Å². The highest BCUT2D eigenvalue weighted by Gasteiger charge is 2.42. The molecule has 0 unspecified atom stereocenters. The van der Waals surface area contributed by atoms with E-state index in [0.717, 1.165) is 19.3 Å². The maximum Gasteiger partial charge on any atom is 0.217 e. The Labute approximate surface area is 94.8 Å². The van der Waals surface area contributed by atoms with Crippen molar-refractivity contribution in [2.75, 3.05) is 5.33 Å². The van der Waals surface area contributed by atoms with Crippen molar-refractivity contribution in [3.63, 3.8) is 0 Å². The van der Waals surface area contributed by atoms with Gasteiger partial charge in [0.1, 0.15) is 0 Å². The van der Waals surface area contributed by atoms with Crippen LogP contribution in [0.15, 0.2) is 0 Å². The molecule has 1 saturated carbocycles. The number of sulfonamides is 1. The molecule has 1 fully saturated rings. The van der Waals surface area contributed by atoms with E-state index in [-0.39, 0.29) is 5.54 Å². The van der Waals surface area contributed by atoms with Crippen LogP contribution in [-0.4, -0.2) is 24.0 Å². The van der Waals surface area contributed by atoms with Crippen molar-refractivity contribution >= 4 is 26.0 Å². The molecule has 0 aromatic carbocycles. The summed E-state index contributed by atoms with van der Waals surface area (Å²) in [6, 6.07) is 0. The average Bonchev–Trinajstić information content (AvgIpc) is 1.94. The zero-order valence-electron chi connectivity index (χ0n) is 8.93. The van der Waals surface area contributed by atoms with Crippen LogP contribution in [0.4, 0.5) is 0 Å². The Kier molecular flexibility index (Phi) is 3.34. The van der Waals surface area contributed by atoms with E-state index in [2.05, 4.69) is 20.7 Å². The molecule has 1 aliphatic carbocycles. The fraction of sp³-hybridized carbons (Fsp3) is 1.00. The number of hydrogen-bond donors (Lipinski definition) is 1. The molecule has 1 aliphatic rings. The van der Waals surface area contributed by atoms with E-state index in [4.69, 9.17) is 0 Å². The van der Waals surface area contributed by atoms with Gasteiger partial charge in [-0.1, -0.05) is 15.9 Å². The van der Waals surface area contributed by atoms with Gasteiger partial charge in [0.15, 0.2) is 0 Å². The molecule has 3 nitrogen and oxygen atoms in total. The average molecular weight is 284 g/mol. The molecular formula is C9H18BrNO2S. The van der Waals surface area contributed by atoms with E-state index >= 15 is 0 Å². The van der Waals surface area contributed by atoms with Crippen molar-refractivity contribution in [1.29, 1.82) is 0 Å². The molecule has 0 heterocycles. The van der Waals surface area contributed by atoms with Crippen molar-refractivity contribution in [2.24, 2.45) is 0 Å². The van der Waals surface area contributed by atoms with Crippen molar-refractivity contribution < 1.29 is 8.42 Å². The van der Waals surface area contributed by atoms with Gasteiger partial charge in [-0.15, -0.1) is 0 Å². The first-order valence-corrected chi connectivity index (χ1v) is 7.42. The van der Waals surface area contributed by atoms with Gasteiger partial charge in [0, 0.05) is 10.9 Å². The first-order valence-electron chi connectivity index (χ1n) is 4.82. The van der Waals surface area contributed by atoms with Crippen LogP contribution in [-0.2, 0) is 10.0 Å². The van der Waals surface area contributed by atoms with Gasteiger partial charge >= 0.3 is 0 Å². The predicted molar refractivity (Wildman–Crippen MR) is 62.2 cm³/mol. The fourth-order valence-corrected chi connectivity index (χ4v) is 3.34. The first-order chi connectivity index (χ1) is 6.22. The van der Waals surface area contributed by atoms with Gasteiger partial charge in [-0.3, -0.25) is 0 Å². The summed E-state index contributed by atoms with van der Waals surface area (Å²) in [7, 11) is -3.21. The van der Waals surface area contributed by atoms with Crippen molar-refractivity contribution in [3.8, 4) is 0 Å². The third-order valence-corrected chi connectivity index (χ3v) is 6.11. The quantitative estimate of drug-likeness (QED) is 0.806. The Morgan fingerprint density at radius 2 is 1.86 bits per heavy atom. The van der Waals surface area contributed by atoms with Gasteiger partial charge in [0.25, 0.3) is 0 Å². The molecule has 0 aliphatic heterocycles. The molecule has 14 heavy (non-hydrogen) atoms. The van der Waals surface area contributed by atoms with Crippen LogP contribution in [0.3, 0.4) is 0 Å². The SMILES string of the molecule is CC(C)(C)S(=O)(=O)NC1(CBr)CCC1. The number of rotatable bonds is 3. The van der Waals surface area contributed by atoms with Gasteiger partial charge in [-0.05, 0) is 40.0 Å². The second kappa shape index (κ2) is 3.76. The van der Waals surface area contributed by atoms with Gasteiger partial charge in [-0.2, -0.15) is 0 Å². The summed E-state index contributed by atoms with van der Waals surface area (Å²) < 4.78 is 25.9. The summed E-state index contributed by atoms with van der Waals surface area (Å²) in [5, 5.41) is 0.704. The minimum atomic E-state index is -3.21. The molecule has 0 aromatic heterocycles. The summed E-state index contributed by atoms with van der Waals surface area (Å²) in [5.74, 6) is 0. The van der Waals surface area contributed by atoms with E-state index in [1.165, 1.54) is 0 Å². The Morgan fingerprint density at radius 3 is 2.07 bits per heavy atom. The van der Waals surface area contributed by atoms with E-state index < -0.39 is 14.8 Å². The summed E-state index contributed by atoms with van der Waals surface area (Å²) >= 11 is 3.38.